The molecule has 2 aliphatic heterocycles. The highest BCUT2D eigenvalue weighted by Crippen LogP contribution is 2.36. The van der Waals surface area contributed by atoms with Gasteiger partial charge in [0.2, 0.25) is 0 Å². The van der Waals surface area contributed by atoms with E-state index in [1.807, 2.05) is 0 Å². The van der Waals surface area contributed by atoms with Gasteiger partial charge in [-0.2, -0.15) is 0 Å². The fraction of sp³-hybridized carbons (Fsp3) is 0.417. The summed E-state index contributed by atoms with van der Waals surface area (Å²) in [5.41, 5.74) is 4.10. The Balaban J connectivity index is 1.47. The number of fused-ring (bicyclic) bond motifs is 1. The second-order valence-corrected chi connectivity index (χ2v) is 9.46. The minimum absolute atomic E-state index is 0.834. The molecule has 156 valence electrons. The summed E-state index contributed by atoms with van der Waals surface area (Å²) >= 11 is 1.80. The number of aryl methyl sites for hydroxylation is 2. The zero-order valence-electron chi connectivity index (χ0n) is 17.8. The molecule has 2 aromatic heterocycles. The van der Waals surface area contributed by atoms with Gasteiger partial charge in [0, 0.05) is 18.0 Å². The third kappa shape index (κ3) is 3.87. The van der Waals surface area contributed by atoms with Crippen molar-refractivity contribution in [2.24, 2.45) is 0 Å². The van der Waals surface area contributed by atoms with E-state index in [2.05, 4.69) is 55.2 Å². The van der Waals surface area contributed by atoms with E-state index in [0.29, 0.717) is 0 Å². The molecule has 4 heterocycles. The lowest BCUT2D eigenvalue weighted by molar-refractivity contribution is -0.922. The van der Waals surface area contributed by atoms with Crippen molar-refractivity contribution in [2.75, 3.05) is 44.3 Å². The molecule has 0 saturated carbocycles. The minimum Gasteiger partial charge on any atom is -0.370 e. The number of hydrogen-bond donors (Lipinski definition) is 1. The van der Waals surface area contributed by atoms with E-state index in [1.165, 1.54) is 31.9 Å². The standard InChI is InChI=1S/C24H28N4OS/c1-17-18(2)30-24-22(17)23(25-21(26-24)16-27-12-14-29-15-13-27)28-10-8-20(9-11-28)19-6-4-3-5-7-19/h3-8H,9-16H2,1-2H3/p+1. The molecule has 0 spiro atoms. The van der Waals surface area contributed by atoms with Gasteiger partial charge >= 0.3 is 0 Å². The van der Waals surface area contributed by atoms with E-state index < -0.39 is 0 Å². The lowest BCUT2D eigenvalue weighted by Gasteiger charge is -2.29. The van der Waals surface area contributed by atoms with Crippen molar-refractivity contribution in [2.45, 2.75) is 26.8 Å². The van der Waals surface area contributed by atoms with Crippen LogP contribution in [0.15, 0.2) is 36.4 Å². The van der Waals surface area contributed by atoms with Gasteiger partial charge in [-0.25, -0.2) is 9.97 Å². The first-order valence-corrected chi connectivity index (χ1v) is 11.7. The molecule has 30 heavy (non-hydrogen) atoms. The minimum atomic E-state index is 0.834. The van der Waals surface area contributed by atoms with E-state index in [1.54, 1.807) is 11.3 Å². The van der Waals surface area contributed by atoms with Crippen LogP contribution in [0.25, 0.3) is 15.8 Å². The number of thiophene rings is 1. The number of ether oxygens (including phenoxy) is 1. The van der Waals surface area contributed by atoms with Gasteiger partial charge in [-0.05, 0) is 37.0 Å². The number of nitrogens with one attached hydrogen (secondary N) is 1. The predicted octanol–water partition coefficient (Wildman–Crippen LogP) is 3.02. The Bertz CT molecular complexity index is 1070. The fourth-order valence-electron chi connectivity index (χ4n) is 4.42. The molecule has 0 radical (unpaired) electrons. The molecule has 5 rings (SSSR count). The number of benzene rings is 1. The van der Waals surface area contributed by atoms with Gasteiger partial charge in [0.1, 0.15) is 30.3 Å². The highest BCUT2D eigenvalue weighted by molar-refractivity contribution is 7.18. The lowest BCUT2D eigenvalue weighted by atomic mass is 9.99. The average Bonchev–Trinajstić information content (AvgIpc) is 3.08. The lowest BCUT2D eigenvalue weighted by Crippen LogP contribution is -3.12. The molecule has 2 aliphatic rings. The molecule has 0 amide bonds. The third-order valence-corrected chi connectivity index (χ3v) is 7.42. The van der Waals surface area contributed by atoms with Crippen LogP contribution in [0.5, 0.6) is 0 Å². The van der Waals surface area contributed by atoms with Gasteiger partial charge in [-0.3, -0.25) is 0 Å². The van der Waals surface area contributed by atoms with Gasteiger partial charge in [0.05, 0.1) is 18.6 Å². The first-order chi connectivity index (χ1) is 14.7. The Morgan fingerprint density at radius 3 is 2.63 bits per heavy atom. The maximum atomic E-state index is 5.52. The van der Waals surface area contributed by atoms with Crippen molar-refractivity contribution >= 4 is 32.9 Å². The Hall–Kier alpha value is -2.28. The van der Waals surface area contributed by atoms with Crippen molar-refractivity contribution < 1.29 is 9.64 Å². The molecule has 1 N–H and O–H groups in total. The van der Waals surface area contributed by atoms with Crippen molar-refractivity contribution in [3.8, 4) is 0 Å². The van der Waals surface area contributed by atoms with E-state index in [4.69, 9.17) is 14.7 Å². The van der Waals surface area contributed by atoms with E-state index >= 15 is 0 Å². The maximum absolute atomic E-state index is 5.52. The van der Waals surface area contributed by atoms with Crippen LogP contribution in [-0.4, -0.2) is 49.4 Å². The Morgan fingerprint density at radius 1 is 1.10 bits per heavy atom. The van der Waals surface area contributed by atoms with Crippen LogP contribution in [0.2, 0.25) is 0 Å². The topological polar surface area (TPSA) is 42.7 Å². The summed E-state index contributed by atoms with van der Waals surface area (Å²) in [5, 5.41) is 1.25. The molecule has 5 nitrogen and oxygen atoms in total. The summed E-state index contributed by atoms with van der Waals surface area (Å²) in [6.45, 7) is 10.9. The number of aromatic nitrogens is 2. The molecular formula is C24H29N4OS+. The Kier molecular flexibility index (Phi) is 5.54. The van der Waals surface area contributed by atoms with Gasteiger partial charge in [-0.1, -0.05) is 36.4 Å². The van der Waals surface area contributed by atoms with E-state index in [0.717, 1.165) is 68.8 Å². The number of morpholine rings is 1. The smallest absolute Gasteiger partial charge is 0.187 e. The van der Waals surface area contributed by atoms with Crippen LogP contribution >= 0.6 is 11.3 Å². The summed E-state index contributed by atoms with van der Waals surface area (Å²) in [5.74, 6) is 2.08. The normalized spacial score (nSPS) is 18.1. The predicted molar refractivity (Wildman–Crippen MR) is 123 cm³/mol. The summed E-state index contributed by atoms with van der Waals surface area (Å²) < 4.78 is 5.52. The van der Waals surface area contributed by atoms with Crippen molar-refractivity contribution in [1.82, 2.24) is 9.97 Å². The first kappa shape index (κ1) is 19.7. The van der Waals surface area contributed by atoms with Gasteiger partial charge in [0.25, 0.3) is 0 Å². The molecular weight excluding hydrogens is 392 g/mol. The van der Waals surface area contributed by atoms with Crippen LogP contribution < -0.4 is 9.80 Å². The van der Waals surface area contributed by atoms with Crippen LogP contribution in [0.4, 0.5) is 5.82 Å². The molecule has 1 aromatic carbocycles. The zero-order valence-corrected chi connectivity index (χ0v) is 18.6. The average molecular weight is 422 g/mol. The monoisotopic (exact) mass is 421 g/mol. The van der Waals surface area contributed by atoms with E-state index in [-0.39, 0.29) is 0 Å². The number of anilines is 1. The van der Waals surface area contributed by atoms with Gasteiger partial charge < -0.3 is 14.5 Å². The molecule has 0 unspecified atom stereocenters. The van der Waals surface area contributed by atoms with E-state index in [9.17, 15) is 0 Å². The van der Waals surface area contributed by atoms with Crippen molar-refractivity contribution in [1.29, 1.82) is 0 Å². The number of quaternary nitrogens is 1. The van der Waals surface area contributed by atoms with Crippen molar-refractivity contribution in [3.63, 3.8) is 0 Å². The first-order valence-electron chi connectivity index (χ1n) is 10.9. The third-order valence-electron chi connectivity index (χ3n) is 6.32. The quantitative estimate of drug-likeness (QED) is 0.703. The molecule has 0 bridgehead atoms. The SMILES string of the molecule is Cc1sc2nc(C[NH+]3CCOCC3)nc(N3CC=C(c4ccccc4)CC3)c2c1C. The highest BCUT2D eigenvalue weighted by Gasteiger charge is 2.23. The molecule has 6 heteroatoms. The second-order valence-electron chi connectivity index (χ2n) is 8.26. The largest absolute Gasteiger partial charge is 0.370 e. The molecule has 3 aromatic rings. The summed E-state index contributed by atoms with van der Waals surface area (Å²) in [7, 11) is 0. The summed E-state index contributed by atoms with van der Waals surface area (Å²) in [4.78, 5) is 16.5. The Labute approximate surface area is 182 Å². The van der Waals surface area contributed by atoms with Gasteiger partial charge in [-0.15, -0.1) is 11.3 Å². The highest BCUT2D eigenvalue weighted by atomic mass is 32.1. The Morgan fingerprint density at radius 2 is 1.90 bits per heavy atom. The summed E-state index contributed by atoms with van der Waals surface area (Å²) in [6.07, 6.45) is 3.41. The molecule has 0 atom stereocenters. The van der Waals surface area contributed by atoms with Crippen LogP contribution in [0.1, 0.15) is 28.2 Å². The number of hydrogen-bond acceptors (Lipinski definition) is 5. The van der Waals surface area contributed by atoms with Crippen LogP contribution in [-0.2, 0) is 11.3 Å². The number of nitrogens with zero attached hydrogens (tertiary/aromatic N) is 3. The molecule has 1 fully saturated rings. The number of rotatable bonds is 4. The fourth-order valence-corrected chi connectivity index (χ4v) is 5.46. The van der Waals surface area contributed by atoms with Crippen molar-refractivity contribution in [3.05, 3.63) is 58.2 Å². The zero-order chi connectivity index (χ0) is 20.5. The maximum Gasteiger partial charge on any atom is 0.187 e. The van der Waals surface area contributed by atoms with Gasteiger partial charge in [0.15, 0.2) is 5.82 Å². The molecule has 0 aliphatic carbocycles. The molecule has 1 saturated heterocycles. The van der Waals surface area contributed by atoms with Crippen LogP contribution in [0.3, 0.4) is 0 Å². The summed E-state index contributed by atoms with van der Waals surface area (Å²) in [6, 6.07) is 10.7. The second kappa shape index (κ2) is 8.46. The van der Waals surface area contributed by atoms with Crippen LogP contribution in [0, 0.1) is 13.8 Å².